The SMILES string of the molecule is CC/C=C\C/C=C\C/C=C\C/C=C\C/C=C\CC(=O)NC(COC1OC(CO)C(OC2OC(CO)C(OC3OC(CO)C(O)C(O)C3O)C(O)C2O)C(O)C1O)C(O)CCCCCC. The Hall–Kier alpha value is -2.51. The first kappa shape index (κ1) is 55.8. The average molecular weight is 918 g/mol. The van der Waals surface area contributed by atoms with Gasteiger partial charge in [0.2, 0.25) is 5.91 Å². The smallest absolute Gasteiger partial charge is 0.224 e. The lowest BCUT2D eigenvalue weighted by Crippen LogP contribution is -2.66. The summed E-state index contributed by atoms with van der Waals surface area (Å²) in [5.41, 5.74) is 0. The Morgan fingerprint density at radius 2 is 1.02 bits per heavy atom. The second kappa shape index (κ2) is 30.7. The highest BCUT2D eigenvalue weighted by Crippen LogP contribution is 2.33. The van der Waals surface area contributed by atoms with Crippen LogP contribution in [0, 0.1) is 0 Å². The monoisotopic (exact) mass is 917 g/mol. The van der Waals surface area contributed by atoms with E-state index in [2.05, 4.69) is 55.6 Å². The number of nitrogens with one attached hydrogen (secondary N) is 1. The van der Waals surface area contributed by atoms with Gasteiger partial charge >= 0.3 is 0 Å². The van der Waals surface area contributed by atoms with E-state index in [1.807, 2.05) is 18.2 Å². The minimum Gasteiger partial charge on any atom is -0.394 e. The molecule has 368 valence electrons. The van der Waals surface area contributed by atoms with Crippen LogP contribution in [0.1, 0.15) is 84.5 Å². The van der Waals surface area contributed by atoms with Crippen LogP contribution in [0.25, 0.3) is 0 Å². The molecule has 3 aliphatic rings. The molecule has 19 heteroatoms. The van der Waals surface area contributed by atoms with Crippen molar-refractivity contribution >= 4 is 5.91 Å². The predicted molar refractivity (Wildman–Crippen MR) is 231 cm³/mol. The van der Waals surface area contributed by atoms with Gasteiger partial charge in [0.05, 0.1) is 38.6 Å². The largest absolute Gasteiger partial charge is 0.394 e. The van der Waals surface area contributed by atoms with Crippen LogP contribution in [0.4, 0.5) is 0 Å². The van der Waals surface area contributed by atoms with E-state index in [4.69, 9.17) is 28.4 Å². The van der Waals surface area contributed by atoms with Gasteiger partial charge in [0, 0.05) is 6.42 Å². The number of ether oxygens (including phenoxy) is 6. The molecule has 3 fully saturated rings. The van der Waals surface area contributed by atoms with Crippen LogP contribution in [-0.2, 0) is 33.2 Å². The van der Waals surface area contributed by atoms with Gasteiger partial charge in [0.15, 0.2) is 18.9 Å². The van der Waals surface area contributed by atoms with Gasteiger partial charge in [-0.3, -0.25) is 4.79 Å². The number of aliphatic hydroxyl groups is 11. The van der Waals surface area contributed by atoms with Gasteiger partial charge in [-0.1, -0.05) is 100 Å². The van der Waals surface area contributed by atoms with E-state index in [1.54, 1.807) is 6.08 Å². The second-order valence-electron chi connectivity index (χ2n) is 16.1. The number of carbonyl (C=O) groups excluding carboxylic acids is 1. The first-order valence-electron chi connectivity index (χ1n) is 22.5. The van der Waals surface area contributed by atoms with Crippen LogP contribution in [0.3, 0.4) is 0 Å². The maximum absolute atomic E-state index is 13.0. The molecule has 1 amide bonds. The standard InChI is InChI=1S/C45H75NO18/c1-3-5-7-9-10-11-12-13-14-15-16-17-18-19-21-23-33(51)46-28(29(50)22-20-8-6-4-2)27-59-43-39(57)36(54)41(31(25-48)61-43)64-45-40(58)37(55)42(32(26-49)62-45)63-44-38(56)35(53)34(52)30(24-47)60-44/h5,7,10-11,13-14,16-17,19,21,28-32,34-45,47-50,52-58H,3-4,6,8-9,12,15,18,20,22-27H2,1-2H3,(H,46,51)/b7-5-,11-10-,14-13-,17-16-,21-19-. The Morgan fingerprint density at radius 3 is 1.52 bits per heavy atom. The number of carbonyl (C=O) groups is 1. The van der Waals surface area contributed by atoms with Gasteiger partial charge < -0.3 is 89.9 Å². The molecule has 3 saturated heterocycles. The summed E-state index contributed by atoms with van der Waals surface area (Å²) in [7, 11) is 0. The van der Waals surface area contributed by atoms with E-state index < -0.39 is 124 Å². The van der Waals surface area contributed by atoms with Crippen LogP contribution < -0.4 is 5.32 Å². The fourth-order valence-electron chi connectivity index (χ4n) is 7.32. The van der Waals surface area contributed by atoms with Crippen molar-refractivity contribution in [2.45, 2.75) is 189 Å². The molecule has 17 unspecified atom stereocenters. The molecule has 0 aliphatic carbocycles. The number of allylic oxidation sites excluding steroid dienone is 9. The Labute approximate surface area is 375 Å². The molecule has 0 aromatic heterocycles. The molecule has 3 rings (SSSR count). The maximum Gasteiger partial charge on any atom is 0.224 e. The van der Waals surface area contributed by atoms with Crippen LogP contribution in [0.2, 0.25) is 0 Å². The molecular formula is C45H75NO18. The quantitative estimate of drug-likeness (QED) is 0.0345. The van der Waals surface area contributed by atoms with Crippen LogP contribution in [0.15, 0.2) is 60.8 Å². The summed E-state index contributed by atoms with van der Waals surface area (Å²) in [5, 5.41) is 119. The number of aliphatic hydroxyl groups excluding tert-OH is 11. The van der Waals surface area contributed by atoms with Gasteiger partial charge in [0.25, 0.3) is 0 Å². The van der Waals surface area contributed by atoms with Crippen molar-refractivity contribution in [1.82, 2.24) is 5.32 Å². The minimum atomic E-state index is -1.98. The van der Waals surface area contributed by atoms with E-state index in [1.165, 1.54) is 0 Å². The van der Waals surface area contributed by atoms with Gasteiger partial charge in [-0.25, -0.2) is 0 Å². The molecule has 17 atom stereocenters. The summed E-state index contributed by atoms with van der Waals surface area (Å²) in [6, 6.07) is -0.938. The van der Waals surface area contributed by atoms with E-state index in [-0.39, 0.29) is 18.9 Å². The maximum atomic E-state index is 13.0. The Balaban J connectivity index is 1.56. The number of rotatable bonds is 28. The zero-order chi connectivity index (χ0) is 47.0. The van der Waals surface area contributed by atoms with Crippen LogP contribution >= 0.6 is 0 Å². The number of unbranched alkanes of at least 4 members (excludes halogenated alkanes) is 3. The third-order valence-electron chi connectivity index (χ3n) is 11.1. The predicted octanol–water partition coefficient (Wildman–Crippen LogP) is -0.591. The molecule has 64 heavy (non-hydrogen) atoms. The van der Waals surface area contributed by atoms with Crippen molar-refractivity contribution in [2.24, 2.45) is 0 Å². The fourth-order valence-corrected chi connectivity index (χ4v) is 7.32. The van der Waals surface area contributed by atoms with Crippen molar-refractivity contribution in [3.05, 3.63) is 60.8 Å². The fraction of sp³-hybridized carbons (Fsp3) is 0.756. The molecule has 0 aromatic carbocycles. The van der Waals surface area contributed by atoms with Gasteiger partial charge in [-0.15, -0.1) is 0 Å². The molecule has 3 aliphatic heterocycles. The number of hydrogen-bond acceptors (Lipinski definition) is 18. The Bertz CT molecular complexity index is 1430. The highest BCUT2D eigenvalue weighted by atomic mass is 16.8. The highest BCUT2D eigenvalue weighted by molar-refractivity contribution is 5.77. The molecule has 3 heterocycles. The summed E-state index contributed by atoms with van der Waals surface area (Å²) in [6.07, 6.45) is 1.81. The van der Waals surface area contributed by atoms with Gasteiger partial charge in [0.1, 0.15) is 73.2 Å². The zero-order valence-corrected chi connectivity index (χ0v) is 37.0. The van der Waals surface area contributed by atoms with Crippen molar-refractivity contribution in [2.75, 3.05) is 26.4 Å². The molecule has 19 nitrogen and oxygen atoms in total. The molecule has 0 spiro atoms. The number of hydrogen-bond donors (Lipinski definition) is 12. The third-order valence-corrected chi connectivity index (χ3v) is 11.1. The minimum absolute atomic E-state index is 0.0288. The van der Waals surface area contributed by atoms with Crippen LogP contribution in [-0.4, -0.2) is 193 Å². The lowest BCUT2D eigenvalue weighted by atomic mass is 9.96. The molecule has 0 radical (unpaired) electrons. The van der Waals surface area contributed by atoms with Crippen molar-refractivity contribution in [3.63, 3.8) is 0 Å². The molecule has 0 saturated carbocycles. The summed E-state index contributed by atoms with van der Waals surface area (Å²) in [4.78, 5) is 13.0. The number of amides is 1. The highest BCUT2D eigenvalue weighted by Gasteiger charge is 2.53. The first-order valence-corrected chi connectivity index (χ1v) is 22.5. The molecule has 0 bridgehead atoms. The summed E-state index contributed by atoms with van der Waals surface area (Å²) in [6.45, 7) is 1.38. The van der Waals surface area contributed by atoms with Crippen molar-refractivity contribution < 1.29 is 89.4 Å². The summed E-state index contributed by atoms with van der Waals surface area (Å²) in [5.74, 6) is -0.385. The third kappa shape index (κ3) is 17.6. The van der Waals surface area contributed by atoms with Crippen molar-refractivity contribution in [1.29, 1.82) is 0 Å². The zero-order valence-electron chi connectivity index (χ0n) is 37.0. The average Bonchev–Trinajstić information content (AvgIpc) is 3.29. The summed E-state index contributed by atoms with van der Waals surface area (Å²) >= 11 is 0. The lowest BCUT2D eigenvalue weighted by Gasteiger charge is -2.48. The lowest BCUT2D eigenvalue weighted by molar-refractivity contribution is -0.379. The normalized spacial score (nSPS) is 35.0. The van der Waals surface area contributed by atoms with Gasteiger partial charge in [-0.2, -0.15) is 0 Å². The van der Waals surface area contributed by atoms with Crippen molar-refractivity contribution in [3.8, 4) is 0 Å². The van der Waals surface area contributed by atoms with E-state index in [0.29, 0.717) is 19.3 Å². The topological polar surface area (TPSA) is 307 Å². The van der Waals surface area contributed by atoms with E-state index in [9.17, 15) is 61.0 Å². The van der Waals surface area contributed by atoms with E-state index >= 15 is 0 Å². The summed E-state index contributed by atoms with van der Waals surface area (Å²) < 4.78 is 33.8. The van der Waals surface area contributed by atoms with Gasteiger partial charge in [-0.05, 0) is 38.5 Å². The van der Waals surface area contributed by atoms with Crippen LogP contribution in [0.5, 0.6) is 0 Å². The molecule has 12 N–H and O–H groups in total. The van der Waals surface area contributed by atoms with E-state index in [0.717, 1.165) is 44.9 Å². The Kier molecular flexibility index (Phi) is 26.8. The molecule has 0 aromatic rings. The Morgan fingerprint density at radius 1 is 0.562 bits per heavy atom. The second-order valence-corrected chi connectivity index (χ2v) is 16.1. The molecular weight excluding hydrogens is 842 g/mol. The first-order chi connectivity index (χ1) is 30.8.